The van der Waals surface area contributed by atoms with Gasteiger partial charge >= 0.3 is 5.97 Å². The first-order valence-electron chi connectivity index (χ1n) is 10.9. The maximum atomic E-state index is 13.7. The highest BCUT2D eigenvalue weighted by Gasteiger charge is 2.36. The predicted octanol–water partition coefficient (Wildman–Crippen LogP) is 5.44. The number of ether oxygens (including phenoxy) is 1. The Labute approximate surface area is 202 Å². The van der Waals surface area contributed by atoms with Crippen molar-refractivity contribution >= 4 is 34.9 Å². The maximum absolute atomic E-state index is 13.7. The summed E-state index contributed by atoms with van der Waals surface area (Å²) in [6.45, 7) is 5.64. The summed E-state index contributed by atoms with van der Waals surface area (Å²) in [6.07, 6.45) is 0.708. The fraction of sp³-hybridized carbons (Fsp3) is 0.320. The average molecular weight is 486 g/mol. The maximum Gasteiger partial charge on any atom is 0.302 e. The summed E-state index contributed by atoms with van der Waals surface area (Å²) in [5, 5.41) is 4.33. The van der Waals surface area contributed by atoms with Crippen LogP contribution in [0.2, 0.25) is 10.0 Å². The van der Waals surface area contributed by atoms with Crippen LogP contribution < -0.4 is 10.9 Å². The van der Waals surface area contributed by atoms with Crippen LogP contribution in [0.4, 0.5) is 5.69 Å². The number of fused-ring (bicyclic) bond motifs is 1. The molecule has 4 rings (SSSR count). The first-order valence-corrected chi connectivity index (χ1v) is 11.7. The van der Waals surface area contributed by atoms with E-state index >= 15 is 0 Å². The molecular weight excluding hydrogens is 461 g/mol. The molecule has 1 aliphatic rings. The van der Waals surface area contributed by atoms with Crippen molar-refractivity contribution in [2.75, 3.05) is 5.32 Å². The number of anilines is 1. The third-order valence-electron chi connectivity index (χ3n) is 5.87. The number of nitrogens with zero attached hydrogens (tertiary/aromatic N) is 2. The van der Waals surface area contributed by atoms with Gasteiger partial charge in [-0.15, -0.1) is 0 Å². The summed E-state index contributed by atoms with van der Waals surface area (Å²) in [5.41, 5.74) is 3.58. The monoisotopic (exact) mass is 485 g/mol. The number of carbonyl (C=O) groups is 1. The number of esters is 1. The van der Waals surface area contributed by atoms with Gasteiger partial charge in [0.25, 0.3) is 5.56 Å². The lowest BCUT2D eigenvalue weighted by Crippen LogP contribution is -2.32. The van der Waals surface area contributed by atoms with Crippen molar-refractivity contribution in [2.24, 2.45) is 0 Å². The fourth-order valence-corrected chi connectivity index (χ4v) is 4.87. The molecule has 0 radical (unpaired) electrons. The van der Waals surface area contributed by atoms with Gasteiger partial charge in [-0.1, -0.05) is 54.4 Å². The molecule has 0 amide bonds. The number of hydrogen-bond donors (Lipinski definition) is 1. The molecule has 1 aromatic heterocycles. The Kier molecular flexibility index (Phi) is 6.77. The molecule has 2 aromatic carbocycles. The molecule has 1 heterocycles. The number of benzene rings is 2. The molecule has 1 N–H and O–H groups in total. The van der Waals surface area contributed by atoms with E-state index in [-0.39, 0.29) is 17.6 Å². The van der Waals surface area contributed by atoms with E-state index in [0.29, 0.717) is 52.2 Å². The molecule has 0 saturated heterocycles. The van der Waals surface area contributed by atoms with Gasteiger partial charge in [0.05, 0.1) is 16.8 Å². The summed E-state index contributed by atoms with van der Waals surface area (Å²) < 4.78 is 7.20. The van der Waals surface area contributed by atoms with E-state index in [0.717, 1.165) is 11.1 Å². The van der Waals surface area contributed by atoms with Crippen LogP contribution in [0.25, 0.3) is 11.4 Å². The third kappa shape index (κ3) is 4.50. The van der Waals surface area contributed by atoms with Gasteiger partial charge in [-0.3, -0.25) is 14.2 Å². The lowest BCUT2D eigenvalue weighted by molar-refractivity contribution is -0.146. The predicted molar refractivity (Wildman–Crippen MR) is 131 cm³/mol. The van der Waals surface area contributed by atoms with Gasteiger partial charge in [-0.25, -0.2) is 4.98 Å². The van der Waals surface area contributed by atoms with Gasteiger partial charge in [-0.05, 0) is 42.7 Å². The Morgan fingerprint density at radius 3 is 2.64 bits per heavy atom. The van der Waals surface area contributed by atoms with Gasteiger partial charge < -0.3 is 10.1 Å². The molecule has 3 aromatic rings. The van der Waals surface area contributed by atoms with Crippen molar-refractivity contribution in [3.8, 4) is 11.4 Å². The molecule has 0 bridgehead atoms. The number of hydrogen-bond acceptors (Lipinski definition) is 5. The Hall–Kier alpha value is -2.83. The van der Waals surface area contributed by atoms with Gasteiger partial charge in [0, 0.05) is 30.5 Å². The SMILES string of the molecule is CCc1nc(-c2ccc(Cl)cc2Cl)n(CC)c(=O)c1NC1c2ccccc2CC1OC(C)=O. The smallest absolute Gasteiger partial charge is 0.302 e. The minimum Gasteiger partial charge on any atom is -0.460 e. The van der Waals surface area contributed by atoms with Crippen LogP contribution in [0.5, 0.6) is 0 Å². The van der Waals surface area contributed by atoms with Gasteiger partial charge in [-0.2, -0.15) is 0 Å². The zero-order valence-corrected chi connectivity index (χ0v) is 20.2. The van der Waals surface area contributed by atoms with Gasteiger partial charge in [0.1, 0.15) is 17.6 Å². The van der Waals surface area contributed by atoms with Crippen molar-refractivity contribution in [3.63, 3.8) is 0 Å². The molecule has 0 aliphatic heterocycles. The number of rotatable bonds is 6. The minimum atomic E-state index is -0.413. The molecule has 0 saturated carbocycles. The van der Waals surface area contributed by atoms with Crippen LogP contribution in [-0.2, 0) is 28.9 Å². The summed E-state index contributed by atoms with van der Waals surface area (Å²) >= 11 is 12.5. The van der Waals surface area contributed by atoms with Crippen molar-refractivity contribution in [1.82, 2.24) is 9.55 Å². The first-order chi connectivity index (χ1) is 15.8. The Bertz CT molecular complexity index is 1270. The van der Waals surface area contributed by atoms with E-state index in [1.807, 2.05) is 38.1 Å². The first kappa shape index (κ1) is 23.3. The minimum absolute atomic E-state index is 0.198. The van der Waals surface area contributed by atoms with Crippen molar-refractivity contribution in [3.05, 3.63) is 79.7 Å². The normalized spacial score (nSPS) is 17.0. The van der Waals surface area contributed by atoms with Crippen molar-refractivity contribution < 1.29 is 9.53 Å². The molecule has 8 heteroatoms. The van der Waals surface area contributed by atoms with Crippen LogP contribution in [0.3, 0.4) is 0 Å². The Balaban J connectivity index is 1.83. The number of carbonyl (C=O) groups excluding carboxylic acids is 1. The standard InChI is InChI=1S/C25H25Cl2N3O3/c1-4-20-23(29-22-17-9-7-6-8-15(17)12-21(22)33-14(3)31)25(32)30(5-2)24(28-20)18-11-10-16(26)13-19(18)27/h6-11,13,21-22,29H,4-5,12H2,1-3H3. The van der Waals surface area contributed by atoms with E-state index in [1.54, 1.807) is 22.8 Å². The van der Waals surface area contributed by atoms with Crippen LogP contribution in [-0.4, -0.2) is 21.6 Å². The van der Waals surface area contributed by atoms with Crippen LogP contribution in [0.1, 0.15) is 43.6 Å². The zero-order valence-electron chi connectivity index (χ0n) is 18.7. The molecular formula is C25H25Cl2N3O3. The number of halogens is 2. The highest BCUT2D eigenvalue weighted by molar-refractivity contribution is 6.36. The summed E-state index contributed by atoms with van der Waals surface area (Å²) in [4.78, 5) is 30.2. The highest BCUT2D eigenvalue weighted by atomic mass is 35.5. The topological polar surface area (TPSA) is 73.2 Å². The molecule has 2 unspecified atom stereocenters. The van der Waals surface area contributed by atoms with Crippen LogP contribution in [0.15, 0.2) is 47.3 Å². The van der Waals surface area contributed by atoms with E-state index in [4.69, 9.17) is 32.9 Å². The Morgan fingerprint density at radius 1 is 1.21 bits per heavy atom. The summed E-state index contributed by atoms with van der Waals surface area (Å²) in [6, 6.07) is 12.7. The van der Waals surface area contributed by atoms with Crippen molar-refractivity contribution in [2.45, 2.75) is 52.3 Å². The van der Waals surface area contributed by atoms with Crippen molar-refractivity contribution in [1.29, 1.82) is 0 Å². The lowest BCUT2D eigenvalue weighted by Gasteiger charge is -2.24. The van der Waals surface area contributed by atoms with Gasteiger partial charge in [0.15, 0.2) is 0 Å². The molecule has 0 fully saturated rings. The lowest BCUT2D eigenvalue weighted by atomic mass is 10.1. The molecule has 172 valence electrons. The molecule has 6 nitrogen and oxygen atoms in total. The largest absolute Gasteiger partial charge is 0.460 e. The Morgan fingerprint density at radius 2 is 1.97 bits per heavy atom. The quantitative estimate of drug-likeness (QED) is 0.470. The van der Waals surface area contributed by atoms with Crippen LogP contribution >= 0.6 is 23.2 Å². The summed E-state index contributed by atoms with van der Waals surface area (Å²) in [5.74, 6) is 0.141. The number of aryl methyl sites for hydroxylation is 1. The second-order valence-corrected chi connectivity index (χ2v) is 8.80. The summed E-state index contributed by atoms with van der Waals surface area (Å²) in [7, 11) is 0. The second-order valence-electron chi connectivity index (χ2n) is 7.96. The zero-order chi connectivity index (χ0) is 23.7. The van der Waals surface area contributed by atoms with E-state index < -0.39 is 6.10 Å². The molecule has 0 spiro atoms. The van der Waals surface area contributed by atoms with Gasteiger partial charge in [0.2, 0.25) is 0 Å². The molecule has 2 atom stereocenters. The number of nitrogens with one attached hydrogen (secondary N) is 1. The van der Waals surface area contributed by atoms with E-state index in [9.17, 15) is 9.59 Å². The molecule has 1 aliphatic carbocycles. The van der Waals surface area contributed by atoms with E-state index in [1.165, 1.54) is 6.92 Å². The van der Waals surface area contributed by atoms with Crippen LogP contribution in [0, 0.1) is 0 Å². The molecule has 33 heavy (non-hydrogen) atoms. The number of aromatic nitrogens is 2. The fourth-order valence-electron chi connectivity index (χ4n) is 4.38. The average Bonchev–Trinajstić information content (AvgIpc) is 3.11. The third-order valence-corrected chi connectivity index (χ3v) is 6.42. The second kappa shape index (κ2) is 9.57. The van der Waals surface area contributed by atoms with E-state index in [2.05, 4.69) is 5.32 Å². The highest BCUT2D eigenvalue weighted by Crippen LogP contribution is 2.36.